The lowest BCUT2D eigenvalue weighted by Crippen LogP contribution is -2.17. The highest BCUT2D eigenvalue weighted by Gasteiger charge is 2.12. The summed E-state index contributed by atoms with van der Waals surface area (Å²) in [6.45, 7) is 0. The molecule has 0 atom stereocenters. The van der Waals surface area contributed by atoms with Gasteiger partial charge in [-0.3, -0.25) is 4.79 Å². The summed E-state index contributed by atoms with van der Waals surface area (Å²) in [5.74, 6) is -0.548. The van der Waals surface area contributed by atoms with Gasteiger partial charge in [0.1, 0.15) is 5.75 Å². The molecule has 0 aliphatic carbocycles. The number of benzene rings is 3. The van der Waals surface area contributed by atoms with Crippen LogP contribution >= 0.6 is 0 Å². The number of carbonyl (C=O) groups is 1. The van der Waals surface area contributed by atoms with Gasteiger partial charge < -0.3 is 10.1 Å². The van der Waals surface area contributed by atoms with E-state index in [4.69, 9.17) is 0 Å². The highest BCUT2D eigenvalue weighted by Crippen LogP contribution is 2.28. The molecule has 0 fully saturated rings. The Morgan fingerprint density at radius 1 is 0.926 bits per heavy atom. The first-order chi connectivity index (χ1) is 13.2. The number of nitrogens with zero attached hydrogens (tertiary/aromatic N) is 1. The van der Waals surface area contributed by atoms with Gasteiger partial charge in [-0.1, -0.05) is 60.7 Å². The molecule has 0 aliphatic rings. The number of amides is 1. The minimum Gasteiger partial charge on any atom is -0.507 e. The van der Waals surface area contributed by atoms with Crippen molar-refractivity contribution < 1.29 is 9.90 Å². The zero-order valence-corrected chi connectivity index (χ0v) is 14.4. The minimum atomic E-state index is -0.467. The first kappa shape index (κ1) is 16.6. The fourth-order valence-electron chi connectivity index (χ4n) is 3.01. The van der Waals surface area contributed by atoms with Gasteiger partial charge in [-0.05, 0) is 23.8 Å². The molecule has 0 radical (unpaired) electrons. The van der Waals surface area contributed by atoms with Crippen molar-refractivity contribution in [2.45, 2.75) is 0 Å². The van der Waals surface area contributed by atoms with Crippen LogP contribution in [0.25, 0.3) is 22.2 Å². The lowest BCUT2D eigenvalue weighted by atomic mass is 10.1. The summed E-state index contributed by atoms with van der Waals surface area (Å²) in [5.41, 5.74) is 6.49. The van der Waals surface area contributed by atoms with Crippen molar-refractivity contribution in [1.82, 2.24) is 10.4 Å². The normalized spacial score (nSPS) is 11.1. The molecule has 27 heavy (non-hydrogen) atoms. The van der Waals surface area contributed by atoms with Crippen LogP contribution in [0.15, 0.2) is 84.0 Å². The lowest BCUT2D eigenvalue weighted by Gasteiger charge is -2.03. The maximum Gasteiger partial charge on any atom is 0.275 e. The number of aromatic amines is 1. The summed E-state index contributed by atoms with van der Waals surface area (Å²) in [6.07, 6.45) is 1.62. The quantitative estimate of drug-likeness (QED) is 0.377. The van der Waals surface area contributed by atoms with Gasteiger partial charge in [0.05, 0.1) is 17.5 Å². The fourth-order valence-corrected chi connectivity index (χ4v) is 3.01. The van der Waals surface area contributed by atoms with Crippen molar-refractivity contribution in [3.8, 4) is 17.0 Å². The zero-order valence-electron chi connectivity index (χ0n) is 14.4. The first-order valence-corrected chi connectivity index (χ1v) is 8.51. The molecule has 5 heteroatoms. The molecule has 4 aromatic rings. The smallest absolute Gasteiger partial charge is 0.275 e. The average Bonchev–Trinajstić information content (AvgIpc) is 3.08. The molecule has 0 saturated carbocycles. The van der Waals surface area contributed by atoms with Gasteiger partial charge in [0, 0.05) is 16.5 Å². The number of hydrazone groups is 1. The third kappa shape index (κ3) is 3.30. The molecule has 1 heterocycles. The summed E-state index contributed by atoms with van der Waals surface area (Å²) >= 11 is 0. The Hall–Kier alpha value is -3.86. The third-order valence-corrected chi connectivity index (χ3v) is 4.32. The maximum absolute atomic E-state index is 12.2. The molecule has 3 aromatic carbocycles. The number of aromatic nitrogens is 1. The number of hydrogen-bond acceptors (Lipinski definition) is 3. The van der Waals surface area contributed by atoms with E-state index in [9.17, 15) is 9.90 Å². The van der Waals surface area contributed by atoms with Crippen LogP contribution in [0.2, 0.25) is 0 Å². The van der Waals surface area contributed by atoms with Gasteiger partial charge in [0.15, 0.2) is 0 Å². The molecule has 4 rings (SSSR count). The second kappa shape index (κ2) is 7.17. The van der Waals surface area contributed by atoms with E-state index in [1.165, 1.54) is 6.07 Å². The van der Waals surface area contributed by atoms with Crippen molar-refractivity contribution in [2.75, 3.05) is 0 Å². The Balaban J connectivity index is 1.68. The van der Waals surface area contributed by atoms with Crippen LogP contribution in [0.3, 0.4) is 0 Å². The van der Waals surface area contributed by atoms with Crippen molar-refractivity contribution in [1.29, 1.82) is 0 Å². The number of phenols is 1. The van der Waals surface area contributed by atoms with Crippen molar-refractivity contribution in [2.24, 2.45) is 5.10 Å². The van der Waals surface area contributed by atoms with E-state index in [1.54, 1.807) is 24.4 Å². The van der Waals surface area contributed by atoms with Crippen molar-refractivity contribution in [3.05, 3.63) is 90.0 Å². The number of phenolic OH excluding ortho intramolecular Hbond substituents is 1. The van der Waals surface area contributed by atoms with Crippen LogP contribution in [-0.4, -0.2) is 22.2 Å². The van der Waals surface area contributed by atoms with E-state index in [0.717, 1.165) is 27.7 Å². The molecule has 5 nitrogen and oxygen atoms in total. The van der Waals surface area contributed by atoms with Gasteiger partial charge in [-0.2, -0.15) is 5.10 Å². The van der Waals surface area contributed by atoms with E-state index in [1.807, 2.05) is 54.6 Å². The van der Waals surface area contributed by atoms with Crippen LogP contribution < -0.4 is 5.43 Å². The molecule has 0 saturated heterocycles. The number of aromatic hydroxyl groups is 1. The Bertz CT molecular complexity index is 1130. The highest BCUT2D eigenvalue weighted by atomic mass is 16.3. The second-order valence-corrected chi connectivity index (χ2v) is 6.04. The van der Waals surface area contributed by atoms with Crippen molar-refractivity contribution in [3.63, 3.8) is 0 Å². The second-order valence-electron chi connectivity index (χ2n) is 6.04. The number of para-hydroxylation sites is 2. The van der Waals surface area contributed by atoms with Crippen LogP contribution in [0.1, 0.15) is 15.9 Å². The summed E-state index contributed by atoms with van der Waals surface area (Å²) in [6, 6.07) is 24.2. The van der Waals surface area contributed by atoms with Gasteiger partial charge >= 0.3 is 0 Å². The van der Waals surface area contributed by atoms with E-state index in [2.05, 4.69) is 15.5 Å². The summed E-state index contributed by atoms with van der Waals surface area (Å²) in [7, 11) is 0. The Morgan fingerprint density at radius 3 is 2.44 bits per heavy atom. The summed E-state index contributed by atoms with van der Waals surface area (Å²) < 4.78 is 0. The SMILES string of the molecule is O=C(NN=Cc1c(-c2ccccc2)[nH]c2ccccc12)c1ccccc1O. The Morgan fingerprint density at radius 2 is 1.63 bits per heavy atom. The highest BCUT2D eigenvalue weighted by molar-refractivity contribution is 6.06. The zero-order chi connectivity index (χ0) is 18.6. The number of rotatable bonds is 4. The van der Waals surface area contributed by atoms with Crippen LogP contribution in [0.4, 0.5) is 0 Å². The lowest BCUT2D eigenvalue weighted by molar-refractivity contribution is 0.0952. The topological polar surface area (TPSA) is 77.5 Å². The number of hydrogen-bond donors (Lipinski definition) is 3. The predicted octanol–water partition coefficient (Wildman–Crippen LogP) is 4.30. The Kier molecular flexibility index (Phi) is 4.41. The fraction of sp³-hybridized carbons (Fsp3) is 0. The van der Waals surface area contributed by atoms with Gasteiger partial charge in [-0.15, -0.1) is 0 Å². The molecule has 1 amide bonds. The molecule has 132 valence electrons. The number of carbonyl (C=O) groups excluding carboxylic acids is 1. The molecule has 3 N–H and O–H groups in total. The van der Waals surface area contributed by atoms with Crippen LogP contribution in [0, 0.1) is 0 Å². The van der Waals surface area contributed by atoms with Gasteiger partial charge in [0.25, 0.3) is 5.91 Å². The number of fused-ring (bicyclic) bond motifs is 1. The van der Waals surface area contributed by atoms with E-state index < -0.39 is 5.91 Å². The average molecular weight is 355 g/mol. The van der Waals surface area contributed by atoms with Gasteiger partial charge in [-0.25, -0.2) is 5.43 Å². The maximum atomic E-state index is 12.2. The molecule has 0 aliphatic heterocycles. The molecular weight excluding hydrogens is 338 g/mol. The van der Waals surface area contributed by atoms with Crippen molar-refractivity contribution >= 4 is 23.0 Å². The summed E-state index contributed by atoms with van der Waals surface area (Å²) in [4.78, 5) is 15.6. The monoisotopic (exact) mass is 355 g/mol. The largest absolute Gasteiger partial charge is 0.507 e. The van der Waals surface area contributed by atoms with Gasteiger partial charge in [0.2, 0.25) is 0 Å². The van der Waals surface area contributed by atoms with Crippen LogP contribution in [-0.2, 0) is 0 Å². The third-order valence-electron chi connectivity index (χ3n) is 4.32. The molecule has 0 spiro atoms. The van der Waals surface area contributed by atoms with E-state index in [-0.39, 0.29) is 11.3 Å². The molecular formula is C22H17N3O2. The predicted molar refractivity (Wildman–Crippen MR) is 107 cm³/mol. The van der Waals surface area contributed by atoms with E-state index >= 15 is 0 Å². The Labute approximate surface area is 156 Å². The van der Waals surface area contributed by atoms with E-state index in [0.29, 0.717) is 0 Å². The number of H-pyrrole nitrogens is 1. The molecule has 0 bridgehead atoms. The standard InChI is InChI=1S/C22H17N3O2/c26-20-13-7-5-11-17(20)22(27)25-23-14-18-16-10-4-6-12-19(16)24-21(18)15-8-2-1-3-9-15/h1-14,24,26H,(H,25,27). The molecule has 1 aromatic heterocycles. The minimum absolute atomic E-state index is 0.0812. The summed E-state index contributed by atoms with van der Waals surface area (Å²) in [5, 5.41) is 14.9. The molecule has 0 unspecified atom stereocenters. The number of nitrogens with one attached hydrogen (secondary N) is 2. The first-order valence-electron chi connectivity index (χ1n) is 8.51. The van der Waals surface area contributed by atoms with Crippen LogP contribution in [0.5, 0.6) is 5.75 Å².